The summed E-state index contributed by atoms with van der Waals surface area (Å²) in [4.78, 5) is 12.3. The first-order chi connectivity index (χ1) is 6.59. The van der Waals surface area contributed by atoms with Gasteiger partial charge in [-0.3, -0.25) is 0 Å². The highest BCUT2D eigenvalue weighted by Crippen LogP contribution is 2.23. The molecule has 0 bridgehead atoms. The Bertz CT molecular complexity index is 479. The van der Waals surface area contributed by atoms with E-state index in [4.69, 9.17) is 11.6 Å². The van der Waals surface area contributed by atoms with Crippen LogP contribution in [0, 0.1) is 0 Å². The summed E-state index contributed by atoms with van der Waals surface area (Å²) in [5.41, 5.74) is 1.50. The number of rotatable bonds is 1. The molecule has 2 aromatic heterocycles. The first-order valence-corrected chi connectivity index (χ1v) is 5.32. The molecule has 2 rings (SSSR count). The summed E-state index contributed by atoms with van der Waals surface area (Å²) < 4.78 is 2.71. The van der Waals surface area contributed by atoms with Crippen molar-refractivity contribution in [2.75, 3.05) is 0 Å². The monoisotopic (exact) mass is 274 g/mol. The van der Waals surface area contributed by atoms with E-state index >= 15 is 0 Å². The molecule has 4 nitrogen and oxygen atoms in total. The van der Waals surface area contributed by atoms with Crippen molar-refractivity contribution in [3.05, 3.63) is 16.2 Å². The van der Waals surface area contributed by atoms with Crippen molar-refractivity contribution < 1.29 is 0 Å². The standard InChI is InChI=1S/C8H8BrClN4/c1-4(2)14-6-5(12-7(14)9)3-11-8(10)13-6/h3-4H,1-2H3. The third-order valence-electron chi connectivity index (χ3n) is 1.88. The highest BCUT2D eigenvalue weighted by molar-refractivity contribution is 9.10. The fourth-order valence-electron chi connectivity index (χ4n) is 1.30. The molecule has 74 valence electrons. The molecule has 0 aliphatic carbocycles. The number of nitrogens with zero attached hydrogens (tertiary/aromatic N) is 4. The van der Waals surface area contributed by atoms with Crippen LogP contribution in [0.5, 0.6) is 0 Å². The third kappa shape index (κ3) is 1.50. The number of hydrogen-bond donors (Lipinski definition) is 0. The Morgan fingerprint density at radius 3 is 2.79 bits per heavy atom. The summed E-state index contributed by atoms with van der Waals surface area (Å²) >= 11 is 9.10. The molecule has 0 aliphatic rings. The van der Waals surface area contributed by atoms with Crippen LogP contribution in [-0.2, 0) is 0 Å². The Labute approximate surface area is 94.5 Å². The Balaban J connectivity index is 2.79. The zero-order valence-electron chi connectivity index (χ0n) is 7.70. The van der Waals surface area contributed by atoms with Crippen LogP contribution >= 0.6 is 27.5 Å². The molecule has 0 fully saturated rings. The van der Waals surface area contributed by atoms with Gasteiger partial charge in [0, 0.05) is 6.04 Å². The molecule has 0 radical (unpaired) electrons. The maximum absolute atomic E-state index is 5.73. The minimum atomic E-state index is 0.242. The van der Waals surface area contributed by atoms with Crippen molar-refractivity contribution in [3.63, 3.8) is 0 Å². The second-order valence-corrected chi connectivity index (χ2v) is 4.24. The lowest BCUT2D eigenvalue weighted by Gasteiger charge is -2.08. The van der Waals surface area contributed by atoms with Gasteiger partial charge in [0.05, 0.1) is 6.20 Å². The smallest absolute Gasteiger partial charge is 0.224 e. The van der Waals surface area contributed by atoms with Gasteiger partial charge in [0.15, 0.2) is 10.4 Å². The zero-order chi connectivity index (χ0) is 10.3. The molecule has 2 aromatic rings. The molecule has 0 unspecified atom stereocenters. The molecule has 0 saturated carbocycles. The van der Waals surface area contributed by atoms with Crippen molar-refractivity contribution in [2.45, 2.75) is 19.9 Å². The van der Waals surface area contributed by atoms with E-state index in [-0.39, 0.29) is 11.3 Å². The summed E-state index contributed by atoms with van der Waals surface area (Å²) in [5.74, 6) is 0. The first-order valence-electron chi connectivity index (χ1n) is 4.15. The van der Waals surface area contributed by atoms with Gasteiger partial charge in [-0.15, -0.1) is 0 Å². The number of halogens is 2. The molecule has 0 aromatic carbocycles. The van der Waals surface area contributed by atoms with E-state index in [0.717, 1.165) is 15.9 Å². The van der Waals surface area contributed by atoms with E-state index in [1.807, 2.05) is 4.57 Å². The molecule has 14 heavy (non-hydrogen) atoms. The number of hydrogen-bond acceptors (Lipinski definition) is 3. The summed E-state index contributed by atoms with van der Waals surface area (Å²) in [5, 5.41) is 0.242. The average molecular weight is 276 g/mol. The van der Waals surface area contributed by atoms with E-state index in [0.29, 0.717) is 0 Å². The van der Waals surface area contributed by atoms with Crippen LogP contribution in [-0.4, -0.2) is 19.5 Å². The van der Waals surface area contributed by atoms with Crippen molar-refractivity contribution in [2.24, 2.45) is 0 Å². The maximum atomic E-state index is 5.73. The Hall–Kier alpha value is -0.680. The molecule has 0 amide bonds. The van der Waals surface area contributed by atoms with Crippen LogP contribution in [0.3, 0.4) is 0 Å². The molecule has 0 spiro atoms. The molecular weight excluding hydrogens is 267 g/mol. The predicted octanol–water partition coefficient (Wildman–Crippen LogP) is 2.82. The summed E-state index contributed by atoms with van der Waals surface area (Å²) in [6.45, 7) is 4.11. The molecule has 0 saturated heterocycles. The van der Waals surface area contributed by atoms with Gasteiger partial charge in [0.2, 0.25) is 5.28 Å². The van der Waals surface area contributed by atoms with Crippen LogP contribution in [0.4, 0.5) is 0 Å². The molecular formula is C8H8BrClN4. The second kappa shape index (κ2) is 3.47. The minimum Gasteiger partial charge on any atom is -0.301 e. The van der Waals surface area contributed by atoms with Gasteiger partial charge < -0.3 is 4.57 Å². The SMILES string of the molecule is CC(C)n1c(Br)nc2cnc(Cl)nc21. The summed E-state index contributed by atoms with van der Waals surface area (Å²) in [7, 11) is 0. The van der Waals surface area contributed by atoms with Gasteiger partial charge in [-0.25, -0.2) is 9.97 Å². The normalized spacial score (nSPS) is 11.5. The lowest BCUT2D eigenvalue weighted by atomic mass is 10.4. The molecule has 0 atom stereocenters. The van der Waals surface area contributed by atoms with Crippen LogP contribution in [0.1, 0.15) is 19.9 Å². The summed E-state index contributed by atoms with van der Waals surface area (Å²) in [6.07, 6.45) is 1.62. The lowest BCUT2D eigenvalue weighted by Crippen LogP contribution is -2.02. The van der Waals surface area contributed by atoms with Gasteiger partial charge in [-0.2, -0.15) is 4.98 Å². The van der Waals surface area contributed by atoms with Crippen molar-refractivity contribution in [1.29, 1.82) is 0 Å². The van der Waals surface area contributed by atoms with E-state index < -0.39 is 0 Å². The first kappa shape index (κ1) is 9.86. The van der Waals surface area contributed by atoms with E-state index in [9.17, 15) is 0 Å². The Kier molecular flexibility index (Phi) is 2.45. The number of aromatic nitrogens is 4. The van der Waals surface area contributed by atoms with Crippen LogP contribution in [0.25, 0.3) is 11.2 Å². The van der Waals surface area contributed by atoms with Crippen LogP contribution in [0.2, 0.25) is 5.28 Å². The largest absolute Gasteiger partial charge is 0.301 e. The topological polar surface area (TPSA) is 43.6 Å². The molecule has 6 heteroatoms. The van der Waals surface area contributed by atoms with Gasteiger partial charge >= 0.3 is 0 Å². The Morgan fingerprint density at radius 2 is 2.14 bits per heavy atom. The fraction of sp³-hybridized carbons (Fsp3) is 0.375. The predicted molar refractivity (Wildman–Crippen MR) is 58.4 cm³/mol. The van der Waals surface area contributed by atoms with Crippen molar-refractivity contribution in [1.82, 2.24) is 19.5 Å². The fourth-order valence-corrected chi connectivity index (χ4v) is 2.20. The molecule has 2 heterocycles. The van der Waals surface area contributed by atoms with E-state index in [1.165, 1.54) is 0 Å². The quantitative estimate of drug-likeness (QED) is 0.594. The van der Waals surface area contributed by atoms with Crippen molar-refractivity contribution >= 4 is 38.7 Å². The molecule has 0 aliphatic heterocycles. The van der Waals surface area contributed by atoms with E-state index in [2.05, 4.69) is 44.7 Å². The Morgan fingerprint density at radius 1 is 1.43 bits per heavy atom. The average Bonchev–Trinajstić information content (AvgIpc) is 2.40. The van der Waals surface area contributed by atoms with Gasteiger partial charge in [0.25, 0.3) is 0 Å². The maximum Gasteiger partial charge on any atom is 0.224 e. The highest BCUT2D eigenvalue weighted by atomic mass is 79.9. The van der Waals surface area contributed by atoms with Crippen LogP contribution in [0.15, 0.2) is 10.9 Å². The number of fused-ring (bicyclic) bond motifs is 1. The molecule has 0 N–H and O–H groups in total. The second-order valence-electron chi connectivity index (χ2n) is 3.19. The van der Waals surface area contributed by atoms with E-state index in [1.54, 1.807) is 6.20 Å². The number of imidazole rings is 1. The van der Waals surface area contributed by atoms with Crippen LogP contribution < -0.4 is 0 Å². The highest BCUT2D eigenvalue weighted by Gasteiger charge is 2.12. The summed E-state index contributed by atoms with van der Waals surface area (Å²) in [6, 6.07) is 0.278. The van der Waals surface area contributed by atoms with Gasteiger partial charge in [-0.05, 0) is 41.4 Å². The minimum absolute atomic E-state index is 0.242. The van der Waals surface area contributed by atoms with Gasteiger partial charge in [0.1, 0.15) is 5.52 Å². The zero-order valence-corrected chi connectivity index (χ0v) is 10.0. The van der Waals surface area contributed by atoms with Crippen molar-refractivity contribution in [3.8, 4) is 0 Å². The third-order valence-corrected chi connectivity index (χ3v) is 2.62. The lowest BCUT2D eigenvalue weighted by molar-refractivity contribution is 0.600. The van der Waals surface area contributed by atoms with Gasteiger partial charge in [-0.1, -0.05) is 0 Å².